The number of hydrogen-bond acceptors (Lipinski definition) is 4. The maximum atomic E-state index is 12.5. The molecule has 3 aliphatic rings. The van der Waals surface area contributed by atoms with Crippen molar-refractivity contribution in [1.82, 2.24) is 10.2 Å². The third-order valence-corrected chi connectivity index (χ3v) is 7.43. The molecular weight excluding hydrogens is 322 g/mol. The number of thioether (sulfide) groups is 1. The molecule has 1 saturated heterocycles. The zero-order chi connectivity index (χ0) is 17.5. The Kier molecular flexibility index (Phi) is 4.71. The number of aliphatic imine (C=N–C) groups is 1. The largest absolute Gasteiger partial charge is 0.361 e. The van der Waals surface area contributed by atoms with Gasteiger partial charge in [-0.05, 0) is 23.7 Å². The predicted molar refractivity (Wildman–Crippen MR) is 98.0 cm³/mol. The van der Waals surface area contributed by atoms with Crippen LogP contribution in [0.1, 0.15) is 59.8 Å². The van der Waals surface area contributed by atoms with Crippen LogP contribution in [0, 0.1) is 10.8 Å². The van der Waals surface area contributed by atoms with Crippen LogP contribution in [0.2, 0.25) is 0 Å². The van der Waals surface area contributed by atoms with Gasteiger partial charge in [0.15, 0.2) is 5.17 Å². The fourth-order valence-corrected chi connectivity index (χ4v) is 4.84. The lowest BCUT2D eigenvalue weighted by Gasteiger charge is -2.21. The van der Waals surface area contributed by atoms with Crippen molar-refractivity contribution in [3.05, 3.63) is 0 Å². The van der Waals surface area contributed by atoms with Crippen molar-refractivity contribution in [2.24, 2.45) is 15.8 Å². The summed E-state index contributed by atoms with van der Waals surface area (Å²) in [6, 6.07) is 0.323. The van der Waals surface area contributed by atoms with E-state index in [1.54, 1.807) is 0 Å². The number of rotatable bonds is 3. The lowest BCUT2D eigenvalue weighted by atomic mass is 10.0. The molecule has 2 aliphatic heterocycles. The van der Waals surface area contributed by atoms with E-state index in [1.165, 1.54) is 24.6 Å². The van der Waals surface area contributed by atoms with E-state index in [1.807, 2.05) is 4.90 Å². The molecule has 0 aromatic rings. The van der Waals surface area contributed by atoms with Crippen molar-refractivity contribution in [2.75, 3.05) is 13.1 Å². The summed E-state index contributed by atoms with van der Waals surface area (Å²) in [5.41, 5.74) is 0.387. The van der Waals surface area contributed by atoms with Gasteiger partial charge in [-0.1, -0.05) is 52.3 Å². The van der Waals surface area contributed by atoms with Gasteiger partial charge in [0.2, 0.25) is 5.91 Å². The van der Waals surface area contributed by atoms with Crippen LogP contribution in [0.25, 0.3) is 0 Å². The van der Waals surface area contributed by atoms with Gasteiger partial charge in [-0.25, -0.2) is 0 Å². The number of nitrogens with one attached hydrogen (secondary N) is 1. The Morgan fingerprint density at radius 3 is 2.29 bits per heavy atom. The number of nitrogens with zero attached hydrogens (tertiary/aromatic N) is 2. The monoisotopic (exact) mass is 351 g/mol. The van der Waals surface area contributed by atoms with Crippen molar-refractivity contribution in [2.45, 2.75) is 71.1 Å². The summed E-state index contributed by atoms with van der Waals surface area (Å²) in [4.78, 5) is 30.8. The average Bonchev–Trinajstić information content (AvgIpc) is 2.86. The molecule has 0 bridgehead atoms. The molecule has 0 spiro atoms. The average molecular weight is 352 g/mol. The van der Waals surface area contributed by atoms with Gasteiger partial charge in [0.25, 0.3) is 5.91 Å². The van der Waals surface area contributed by atoms with Gasteiger partial charge < -0.3 is 10.2 Å². The Balaban J connectivity index is 1.53. The van der Waals surface area contributed by atoms with Gasteiger partial charge in [0.05, 0.1) is 0 Å². The third kappa shape index (κ3) is 3.22. The summed E-state index contributed by atoms with van der Waals surface area (Å²) in [6.45, 7) is 10.6. The van der Waals surface area contributed by atoms with E-state index in [0.717, 1.165) is 25.9 Å². The molecule has 1 aliphatic carbocycles. The lowest BCUT2D eigenvalue weighted by molar-refractivity contribution is -0.132. The van der Waals surface area contributed by atoms with Crippen LogP contribution < -0.4 is 5.32 Å². The van der Waals surface area contributed by atoms with Crippen LogP contribution in [-0.2, 0) is 9.59 Å². The molecular formula is C18H29N3O2S. The molecule has 2 amide bonds. The van der Waals surface area contributed by atoms with Crippen molar-refractivity contribution in [3.8, 4) is 0 Å². The Morgan fingerprint density at radius 1 is 1.17 bits per heavy atom. The van der Waals surface area contributed by atoms with Gasteiger partial charge >= 0.3 is 0 Å². The van der Waals surface area contributed by atoms with Crippen LogP contribution in [0.5, 0.6) is 0 Å². The normalized spacial score (nSPS) is 29.2. The second-order valence-electron chi connectivity index (χ2n) is 8.38. The Hall–Kier alpha value is -1.04. The van der Waals surface area contributed by atoms with E-state index in [4.69, 9.17) is 0 Å². The number of amides is 2. The molecule has 2 fully saturated rings. The molecule has 24 heavy (non-hydrogen) atoms. The lowest BCUT2D eigenvalue weighted by Crippen LogP contribution is -2.34. The number of carbonyl (C=O) groups excluding carboxylic acids is 2. The number of hydrogen-bond donors (Lipinski definition) is 1. The zero-order valence-corrected chi connectivity index (χ0v) is 16.0. The molecule has 134 valence electrons. The number of carbonyl (C=O) groups is 2. The molecule has 3 rings (SSSR count). The summed E-state index contributed by atoms with van der Waals surface area (Å²) >= 11 is 1.43. The highest BCUT2D eigenvalue weighted by atomic mass is 32.2. The zero-order valence-electron chi connectivity index (χ0n) is 15.2. The summed E-state index contributed by atoms with van der Waals surface area (Å²) in [6.07, 6.45) is 4.82. The van der Waals surface area contributed by atoms with E-state index in [9.17, 15) is 9.59 Å². The van der Waals surface area contributed by atoms with E-state index in [-0.39, 0.29) is 34.3 Å². The third-order valence-electron chi connectivity index (χ3n) is 6.35. The van der Waals surface area contributed by atoms with Gasteiger partial charge in [-0.2, -0.15) is 4.99 Å². The highest BCUT2D eigenvalue weighted by molar-refractivity contribution is 8.15. The summed E-state index contributed by atoms with van der Waals surface area (Å²) in [7, 11) is 0. The standard InChI is InChI=1S/C18H29N3O2S/c1-17(2)15(18(17,3)4)20-16-19-14(23)12(24-16)11-13(22)21-9-7-5-6-8-10-21/h12,15H,5-11H2,1-4H3,(H,19,20,23). The molecule has 0 aromatic heterocycles. The van der Waals surface area contributed by atoms with E-state index >= 15 is 0 Å². The Labute approximate surface area is 149 Å². The minimum absolute atomic E-state index is 0.103. The van der Waals surface area contributed by atoms with Crippen molar-refractivity contribution in [3.63, 3.8) is 0 Å². The van der Waals surface area contributed by atoms with Gasteiger partial charge in [-0.3, -0.25) is 9.59 Å². The van der Waals surface area contributed by atoms with Gasteiger partial charge in [0.1, 0.15) is 5.25 Å². The highest BCUT2D eigenvalue weighted by Gasteiger charge is 2.65. The SMILES string of the molecule is CC1(C)C(NC2=NC(=O)C(CC(=O)N3CCCCCC3)S2)C1(C)C. The van der Waals surface area contributed by atoms with Gasteiger partial charge in [0, 0.05) is 25.6 Å². The molecule has 5 nitrogen and oxygen atoms in total. The second kappa shape index (κ2) is 6.36. The molecule has 6 heteroatoms. The molecule has 0 aromatic carbocycles. The molecule has 2 heterocycles. The maximum absolute atomic E-state index is 12.5. The molecule has 1 atom stereocenters. The van der Waals surface area contributed by atoms with Crippen LogP contribution >= 0.6 is 11.8 Å². The van der Waals surface area contributed by atoms with Crippen molar-refractivity contribution >= 4 is 28.7 Å². The van der Waals surface area contributed by atoms with Crippen molar-refractivity contribution < 1.29 is 9.59 Å². The first kappa shape index (κ1) is 17.8. The first-order valence-electron chi connectivity index (χ1n) is 9.07. The number of amidine groups is 1. The highest BCUT2D eigenvalue weighted by Crippen LogP contribution is 2.62. The summed E-state index contributed by atoms with van der Waals surface area (Å²) in [5, 5.41) is 3.76. The van der Waals surface area contributed by atoms with Crippen LogP contribution in [0.15, 0.2) is 4.99 Å². The Bertz CT molecular complexity index is 549. The smallest absolute Gasteiger partial charge is 0.262 e. The summed E-state index contributed by atoms with van der Waals surface area (Å²) < 4.78 is 0. The van der Waals surface area contributed by atoms with E-state index < -0.39 is 0 Å². The molecule has 1 N–H and O–H groups in total. The maximum Gasteiger partial charge on any atom is 0.262 e. The second-order valence-corrected chi connectivity index (χ2v) is 9.57. The first-order chi connectivity index (χ1) is 11.2. The minimum Gasteiger partial charge on any atom is -0.361 e. The predicted octanol–water partition coefficient (Wildman–Crippen LogP) is 2.80. The fraction of sp³-hybridized carbons (Fsp3) is 0.833. The minimum atomic E-state index is -0.353. The van der Waals surface area contributed by atoms with Crippen LogP contribution in [0.3, 0.4) is 0 Å². The van der Waals surface area contributed by atoms with Gasteiger partial charge in [-0.15, -0.1) is 0 Å². The molecule has 1 saturated carbocycles. The molecule has 0 radical (unpaired) electrons. The van der Waals surface area contributed by atoms with E-state index in [2.05, 4.69) is 38.0 Å². The van der Waals surface area contributed by atoms with E-state index in [0.29, 0.717) is 11.2 Å². The first-order valence-corrected chi connectivity index (χ1v) is 9.95. The number of likely N-dealkylation sites (tertiary alicyclic amines) is 1. The topological polar surface area (TPSA) is 61.8 Å². The van der Waals surface area contributed by atoms with Crippen LogP contribution in [-0.4, -0.2) is 46.3 Å². The summed E-state index contributed by atoms with van der Waals surface area (Å²) in [5.74, 6) is -0.0618. The quantitative estimate of drug-likeness (QED) is 0.849. The Morgan fingerprint density at radius 2 is 1.75 bits per heavy atom. The van der Waals surface area contributed by atoms with Crippen LogP contribution in [0.4, 0.5) is 0 Å². The molecule has 1 unspecified atom stereocenters. The fourth-order valence-electron chi connectivity index (χ4n) is 3.87. The van der Waals surface area contributed by atoms with Crippen molar-refractivity contribution in [1.29, 1.82) is 0 Å².